The van der Waals surface area contributed by atoms with Crippen molar-refractivity contribution in [3.8, 4) is 6.07 Å². The number of carbonyl (C=O) groups excluding carboxylic acids is 2. The number of rotatable bonds is 3. The number of thioether (sulfide) groups is 1. The fourth-order valence-electron chi connectivity index (χ4n) is 2.32. The number of para-hydroxylation sites is 1. The van der Waals surface area contributed by atoms with Crippen LogP contribution in [0, 0.1) is 11.3 Å². The summed E-state index contributed by atoms with van der Waals surface area (Å²) >= 11 is 7.00. The first kappa shape index (κ1) is 17.1. The van der Waals surface area contributed by atoms with Gasteiger partial charge in [-0.15, -0.1) is 0 Å². The number of hydrogen-bond acceptors (Lipinski definition) is 4. The first-order chi connectivity index (χ1) is 12.1. The Morgan fingerprint density at radius 1 is 1.16 bits per heavy atom. The minimum atomic E-state index is -0.567. The smallest absolute Gasteiger partial charge is 0.269 e. The number of nitrogens with one attached hydrogen (secondary N) is 1. The van der Waals surface area contributed by atoms with E-state index in [0.29, 0.717) is 21.4 Å². The molecular weight excluding hydrogens is 358 g/mol. The molecule has 0 unspecified atom stereocenters. The first-order valence-electron chi connectivity index (χ1n) is 7.32. The summed E-state index contributed by atoms with van der Waals surface area (Å²) in [4.78, 5) is 26.2. The second-order valence-corrected chi connectivity index (χ2v) is 6.51. The summed E-state index contributed by atoms with van der Waals surface area (Å²) in [5.41, 5.74) is 1.04. The maximum Gasteiger partial charge on any atom is 0.269 e. The molecule has 1 fully saturated rings. The fraction of sp³-hybridized carbons (Fsp3) is 0.0556. The molecule has 3 rings (SSSR count). The minimum Gasteiger partial charge on any atom is -0.321 e. The Kier molecular flexibility index (Phi) is 5.08. The monoisotopic (exact) mass is 369 g/mol. The van der Waals surface area contributed by atoms with Gasteiger partial charge in [-0.2, -0.15) is 5.26 Å². The van der Waals surface area contributed by atoms with E-state index >= 15 is 0 Å². The van der Waals surface area contributed by atoms with Gasteiger partial charge >= 0.3 is 0 Å². The molecule has 1 aliphatic heterocycles. The molecule has 1 heterocycles. The van der Waals surface area contributed by atoms with E-state index in [4.69, 9.17) is 11.6 Å². The molecule has 0 aliphatic carbocycles. The molecule has 124 valence electrons. The number of anilines is 2. The van der Waals surface area contributed by atoms with Crippen molar-refractivity contribution in [2.75, 3.05) is 16.0 Å². The summed E-state index contributed by atoms with van der Waals surface area (Å²) in [6.45, 7) is 0. The SMILES string of the molecule is N#CC(C(=O)Nc1ccc(Cl)cc1)=C1SCC(=O)N1c1ccccc1. The van der Waals surface area contributed by atoms with Gasteiger partial charge < -0.3 is 5.32 Å². The Balaban J connectivity index is 1.94. The van der Waals surface area contributed by atoms with Gasteiger partial charge in [0.2, 0.25) is 5.91 Å². The molecule has 2 amide bonds. The molecule has 5 nitrogen and oxygen atoms in total. The van der Waals surface area contributed by atoms with Crippen LogP contribution in [0.4, 0.5) is 11.4 Å². The van der Waals surface area contributed by atoms with Gasteiger partial charge in [-0.3, -0.25) is 14.5 Å². The van der Waals surface area contributed by atoms with E-state index in [1.54, 1.807) is 48.5 Å². The van der Waals surface area contributed by atoms with Crippen molar-refractivity contribution in [3.05, 3.63) is 70.2 Å². The van der Waals surface area contributed by atoms with Gasteiger partial charge in [-0.25, -0.2) is 0 Å². The van der Waals surface area contributed by atoms with Gasteiger partial charge in [-0.1, -0.05) is 41.6 Å². The van der Waals surface area contributed by atoms with Crippen molar-refractivity contribution >= 4 is 46.6 Å². The van der Waals surface area contributed by atoms with Crippen molar-refractivity contribution in [1.82, 2.24) is 0 Å². The highest BCUT2D eigenvalue weighted by atomic mass is 35.5. The Labute approximate surface area is 153 Å². The molecule has 7 heteroatoms. The second kappa shape index (κ2) is 7.43. The van der Waals surface area contributed by atoms with Gasteiger partial charge in [0, 0.05) is 16.4 Å². The summed E-state index contributed by atoms with van der Waals surface area (Å²) in [6.07, 6.45) is 0. The molecule has 0 atom stereocenters. The molecule has 0 bridgehead atoms. The van der Waals surface area contributed by atoms with Gasteiger partial charge in [0.25, 0.3) is 5.91 Å². The molecule has 1 saturated heterocycles. The van der Waals surface area contributed by atoms with E-state index in [9.17, 15) is 14.9 Å². The Hall–Kier alpha value is -2.75. The van der Waals surface area contributed by atoms with Crippen LogP contribution in [0.15, 0.2) is 65.2 Å². The van der Waals surface area contributed by atoms with Crippen molar-refractivity contribution < 1.29 is 9.59 Å². The third-order valence-electron chi connectivity index (χ3n) is 3.45. The normalized spacial score (nSPS) is 15.7. The molecule has 1 aliphatic rings. The molecule has 0 spiro atoms. The van der Waals surface area contributed by atoms with Gasteiger partial charge in [0.05, 0.1) is 5.75 Å². The molecule has 2 aromatic rings. The summed E-state index contributed by atoms with van der Waals surface area (Å²) < 4.78 is 0. The number of benzene rings is 2. The number of nitriles is 1. The van der Waals surface area contributed by atoms with Gasteiger partial charge in [-0.05, 0) is 36.4 Å². The van der Waals surface area contributed by atoms with Crippen molar-refractivity contribution in [1.29, 1.82) is 5.26 Å². The van der Waals surface area contributed by atoms with Crippen LogP contribution >= 0.6 is 23.4 Å². The van der Waals surface area contributed by atoms with Crippen LogP contribution in [-0.4, -0.2) is 17.6 Å². The quantitative estimate of drug-likeness (QED) is 0.659. The van der Waals surface area contributed by atoms with Crippen LogP contribution in [0.1, 0.15) is 0 Å². The molecule has 1 N–H and O–H groups in total. The summed E-state index contributed by atoms with van der Waals surface area (Å²) in [7, 11) is 0. The standard InChI is InChI=1S/C18H12ClN3O2S/c19-12-6-8-13(9-7-12)21-17(24)15(10-20)18-22(16(23)11-25-18)14-4-2-1-3-5-14/h1-9H,11H2,(H,21,24). The van der Waals surface area contributed by atoms with Crippen LogP contribution in [0.25, 0.3) is 0 Å². The molecule has 2 aromatic carbocycles. The van der Waals surface area contributed by atoms with Crippen molar-refractivity contribution in [2.45, 2.75) is 0 Å². The first-order valence-corrected chi connectivity index (χ1v) is 8.68. The van der Waals surface area contributed by atoms with E-state index in [1.807, 2.05) is 12.1 Å². The van der Waals surface area contributed by atoms with E-state index < -0.39 is 5.91 Å². The van der Waals surface area contributed by atoms with E-state index in [0.717, 1.165) is 0 Å². The molecule has 25 heavy (non-hydrogen) atoms. The number of hydrogen-bond donors (Lipinski definition) is 1. The number of carbonyl (C=O) groups is 2. The van der Waals surface area contributed by atoms with Crippen LogP contribution in [0.3, 0.4) is 0 Å². The van der Waals surface area contributed by atoms with Crippen LogP contribution in [0.2, 0.25) is 5.02 Å². The number of nitrogens with zero attached hydrogens (tertiary/aromatic N) is 2. The predicted molar refractivity (Wildman–Crippen MR) is 99.1 cm³/mol. The molecule has 0 aromatic heterocycles. The second-order valence-electron chi connectivity index (χ2n) is 5.11. The Bertz CT molecular complexity index is 889. The van der Waals surface area contributed by atoms with Crippen molar-refractivity contribution in [2.24, 2.45) is 0 Å². The lowest BCUT2D eigenvalue weighted by atomic mass is 10.2. The highest BCUT2D eigenvalue weighted by Crippen LogP contribution is 2.36. The van der Waals surface area contributed by atoms with Crippen LogP contribution in [0.5, 0.6) is 0 Å². The van der Waals surface area contributed by atoms with E-state index in [1.165, 1.54) is 16.7 Å². The maximum absolute atomic E-state index is 12.5. The lowest BCUT2D eigenvalue weighted by molar-refractivity contribution is -0.115. The highest BCUT2D eigenvalue weighted by molar-refractivity contribution is 8.04. The molecule has 0 saturated carbocycles. The maximum atomic E-state index is 12.5. The lowest BCUT2D eigenvalue weighted by Gasteiger charge is -2.18. The number of amides is 2. The van der Waals surface area contributed by atoms with Gasteiger partial charge in [0.15, 0.2) is 0 Å². The topological polar surface area (TPSA) is 73.2 Å². The van der Waals surface area contributed by atoms with E-state index in [-0.39, 0.29) is 17.2 Å². The minimum absolute atomic E-state index is 0.102. The van der Waals surface area contributed by atoms with E-state index in [2.05, 4.69) is 5.32 Å². The highest BCUT2D eigenvalue weighted by Gasteiger charge is 2.33. The Morgan fingerprint density at radius 3 is 2.48 bits per heavy atom. The zero-order valence-electron chi connectivity index (χ0n) is 12.9. The zero-order chi connectivity index (χ0) is 17.8. The van der Waals surface area contributed by atoms with Crippen molar-refractivity contribution in [3.63, 3.8) is 0 Å². The third-order valence-corrected chi connectivity index (χ3v) is 4.76. The lowest BCUT2D eigenvalue weighted by Crippen LogP contribution is -2.26. The fourth-order valence-corrected chi connectivity index (χ4v) is 3.45. The number of halogens is 1. The van der Waals surface area contributed by atoms with Gasteiger partial charge in [0.1, 0.15) is 16.7 Å². The summed E-state index contributed by atoms with van der Waals surface area (Å²) in [5, 5.41) is 13.0. The summed E-state index contributed by atoms with van der Waals surface area (Å²) in [6, 6.07) is 17.4. The average molecular weight is 370 g/mol. The largest absolute Gasteiger partial charge is 0.321 e. The van der Waals surface area contributed by atoms with Crippen LogP contribution < -0.4 is 10.2 Å². The Morgan fingerprint density at radius 2 is 1.84 bits per heavy atom. The molecular formula is C18H12ClN3O2S. The summed E-state index contributed by atoms with van der Waals surface area (Å²) in [5.74, 6) is -0.551. The van der Waals surface area contributed by atoms with Crippen LogP contribution in [-0.2, 0) is 9.59 Å². The zero-order valence-corrected chi connectivity index (χ0v) is 14.5. The molecule has 0 radical (unpaired) electrons. The predicted octanol–water partition coefficient (Wildman–Crippen LogP) is 3.79. The third kappa shape index (κ3) is 3.68. The average Bonchev–Trinajstić information content (AvgIpc) is 3.00.